The van der Waals surface area contributed by atoms with E-state index in [1.165, 1.54) is 5.56 Å². The molecule has 0 spiro atoms. The summed E-state index contributed by atoms with van der Waals surface area (Å²) in [5, 5.41) is 9.91. The first-order valence-corrected chi connectivity index (χ1v) is 9.89. The Kier molecular flexibility index (Phi) is 5.43. The molecule has 0 radical (unpaired) electrons. The fourth-order valence-electron chi connectivity index (χ4n) is 3.99. The monoisotopic (exact) mass is 370 g/mol. The number of ether oxygens (including phenoxy) is 1. The van der Waals surface area contributed by atoms with Crippen molar-refractivity contribution in [1.29, 1.82) is 5.26 Å². The molecule has 3 rings (SSSR count). The van der Waals surface area contributed by atoms with Gasteiger partial charge in [-0.1, -0.05) is 20.8 Å². The van der Waals surface area contributed by atoms with Gasteiger partial charge in [0.2, 0.25) is 5.91 Å². The van der Waals surface area contributed by atoms with Gasteiger partial charge >= 0.3 is 0 Å². The van der Waals surface area contributed by atoms with Gasteiger partial charge in [0.05, 0.1) is 12.2 Å². The lowest BCUT2D eigenvalue weighted by atomic mass is 9.86. The molecule has 0 bridgehead atoms. The first-order chi connectivity index (χ1) is 12.8. The van der Waals surface area contributed by atoms with Gasteiger partial charge in [-0.3, -0.25) is 4.79 Å². The van der Waals surface area contributed by atoms with E-state index in [4.69, 9.17) is 9.72 Å². The minimum absolute atomic E-state index is 0.187. The van der Waals surface area contributed by atoms with E-state index in [0.717, 1.165) is 23.5 Å². The highest BCUT2D eigenvalue weighted by Gasteiger charge is 2.34. The molecule has 0 N–H and O–H groups in total. The van der Waals surface area contributed by atoms with Crippen LogP contribution in [0.2, 0.25) is 0 Å². The summed E-state index contributed by atoms with van der Waals surface area (Å²) in [6.45, 7) is 13.6. The Labute approximate surface area is 162 Å². The van der Waals surface area contributed by atoms with E-state index >= 15 is 0 Å². The number of anilines is 1. The number of fused-ring (bicyclic) bond motifs is 1. The van der Waals surface area contributed by atoms with Crippen LogP contribution in [0.1, 0.15) is 69.3 Å². The van der Waals surface area contributed by atoms with Crippen molar-refractivity contribution in [2.75, 3.05) is 31.1 Å². The van der Waals surface area contributed by atoms with E-state index in [2.05, 4.69) is 38.7 Å². The maximum atomic E-state index is 12.0. The second-order valence-electron chi connectivity index (χ2n) is 8.37. The zero-order valence-corrected chi connectivity index (χ0v) is 17.1. The van der Waals surface area contributed by atoms with E-state index in [0.29, 0.717) is 44.8 Å². The zero-order chi connectivity index (χ0) is 19.8. The lowest BCUT2D eigenvalue weighted by Gasteiger charge is -2.38. The maximum Gasteiger partial charge on any atom is 0.222 e. The molecule has 0 unspecified atom stereocenters. The Hall–Kier alpha value is -2.13. The number of nitrogens with zero attached hydrogens (tertiary/aromatic N) is 4. The standard InChI is InChI=1S/C21H30N4O2/c1-6-18(26)24-7-9-25(10-8-24)20-16(12-22)17-13-27-21(4,5)11-15(17)19(23-20)14(2)3/h14H,6-11,13H2,1-5H3. The first kappa shape index (κ1) is 19.6. The predicted molar refractivity (Wildman–Crippen MR) is 105 cm³/mol. The van der Waals surface area contributed by atoms with Crippen molar-refractivity contribution in [3.8, 4) is 6.07 Å². The van der Waals surface area contributed by atoms with E-state index in [1.807, 2.05) is 11.8 Å². The number of piperazine rings is 1. The van der Waals surface area contributed by atoms with E-state index < -0.39 is 0 Å². The normalized spacial score (nSPS) is 19.0. The maximum absolute atomic E-state index is 12.0. The summed E-state index contributed by atoms with van der Waals surface area (Å²) >= 11 is 0. The Morgan fingerprint density at radius 2 is 1.93 bits per heavy atom. The van der Waals surface area contributed by atoms with Gasteiger partial charge in [0.25, 0.3) is 0 Å². The quantitative estimate of drug-likeness (QED) is 0.818. The van der Waals surface area contributed by atoms with Crippen molar-refractivity contribution in [3.05, 3.63) is 22.4 Å². The van der Waals surface area contributed by atoms with Crippen molar-refractivity contribution in [1.82, 2.24) is 9.88 Å². The minimum atomic E-state index is -0.237. The van der Waals surface area contributed by atoms with Crippen LogP contribution in [0.5, 0.6) is 0 Å². The minimum Gasteiger partial charge on any atom is -0.370 e. The second kappa shape index (κ2) is 7.47. The van der Waals surface area contributed by atoms with Crippen LogP contribution in [0.25, 0.3) is 0 Å². The summed E-state index contributed by atoms with van der Waals surface area (Å²) in [4.78, 5) is 21.0. The van der Waals surface area contributed by atoms with Crippen LogP contribution in [0.15, 0.2) is 0 Å². The van der Waals surface area contributed by atoms with Crippen LogP contribution in [0.3, 0.4) is 0 Å². The number of nitriles is 1. The Morgan fingerprint density at radius 3 is 2.48 bits per heavy atom. The third-order valence-electron chi connectivity index (χ3n) is 5.53. The van der Waals surface area contributed by atoms with Crippen LogP contribution in [-0.4, -0.2) is 47.6 Å². The molecule has 0 saturated carbocycles. The zero-order valence-electron chi connectivity index (χ0n) is 17.1. The van der Waals surface area contributed by atoms with Crippen LogP contribution in [-0.2, 0) is 22.6 Å². The smallest absolute Gasteiger partial charge is 0.222 e. The lowest BCUT2D eigenvalue weighted by molar-refractivity contribution is -0.131. The summed E-state index contributed by atoms with van der Waals surface area (Å²) in [5.74, 6) is 1.22. The molecule has 1 amide bonds. The molecule has 146 valence electrons. The van der Waals surface area contributed by atoms with Gasteiger partial charge in [0.1, 0.15) is 17.5 Å². The highest BCUT2D eigenvalue weighted by molar-refractivity contribution is 5.76. The summed E-state index contributed by atoms with van der Waals surface area (Å²) in [6.07, 6.45) is 1.31. The van der Waals surface area contributed by atoms with Crippen LogP contribution in [0, 0.1) is 11.3 Å². The number of carbonyl (C=O) groups is 1. The van der Waals surface area contributed by atoms with Gasteiger partial charge in [-0.15, -0.1) is 0 Å². The van der Waals surface area contributed by atoms with Crippen molar-refractivity contribution in [2.24, 2.45) is 0 Å². The van der Waals surface area contributed by atoms with Gasteiger partial charge in [0, 0.05) is 50.3 Å². The topological polar surface area (TPSA) is 69.5 Å². The van der Waals surface area contributed by atoms with Gasteiger partial charge in [-0.05, 0) is 25.3 Å². The molecule has 1 aromatic rings. The highest BCUT2D eigenvalue weighted by Crippen LogP contribution is 2.37. The average Bonchev–Trinajstić information content (AvgIpc) is 2.65. The first-order valence-electron chi connectivity index (χ1n) is 9.89. The number of carbonyl (C=O) groups excluding carboxylic acids is 1. The number of rotatable bonds is 3. The third kappa shape index (κ3) is 3.79. The molecule has 6 heteroatoms. The number of aromatic nitrogens is 1. The van der Waals surface area contributed by atoms with Crippen molar-refractivity contribution < 1.29 is 9.53 Å². The van der Waals surface area contributed by atoms with Gasteiger partial charge in [0.15, 0.2) is 0 Å². The highest BCUT2D eigenvalue weighted by atomic mass is 16.5. The number of pyridine rings is 1. The van der Waals surface area contributed by atoms with E-state index in [-0.39, 0.29) is 17.4 Å². The number of hydrogen-bond donors (Lipinski definition) is 0. The fraction of sp³-hybridized carbons (Fsp3) is 0.667. The molecule has 2 aliphatic heterocycles. The third-order valence-corrected chi connectivity index (χ3v) is 5.53. The molecule has 1 fully saturated rings. The van der Waals surface area contributed by atoms with Crippen LogP contribution < -0.4 is 4.90 Å². The molecule has 6 nitrogen and oxygen atoms in total. The summed E-state index contributed by atoms with van der Waals surface area (Å²) < 4.78 is 6.02. The largest absolute Gasteiger partial charge is 0.370 e. The molecule has 27 heavy (non-hydrogen) atoms. The molecule has 1 saturated heterocycles. The Morgan fingerprint density at radius 1 is 1.26 bits per heavy atom. The van der Waals surface area contributed by atoms with E-state index in [1.54, 1.807) is 0 Å². The summed E-state index contributed by atoms with van der Waals surface area (Å²) in [5.41, 5.74) is 3.65. The van der Waals surface area contributed by atoms with E-state index in [9.17, 15) is 10.1 Å². The molecule has 3 heterocycles. The second-order valence-corrected chi connectivity index (χ2v) is 8.37. The SMILES string of the molecule is CCC(=O)N1CCN(c2nc(C(C)C)c3c(c2C#N)COC(C)(C)C3)CC1. The van der Waals surface area contributed by atoms with Crippen molar-refractivity contribution >= 4 is 11.7 Å². The Balaban J connectivity index is 1.99. The molecule has 0 aliphatic carbocycles. The fourth-order valence-corrected chi connectivity index (χ4v) is 3.99. The van der Waals surface area contributed by atoms with Gasteiger partial charge in [-0.25, -0.2) is 4.98 Å². The van der Waals surface area contributed by atoms with Crippen LogP contribution in [0.4, 0.5) is 5.82 Å². The molecule has 2 aliphatic rings. The van der Waals surface area contributed by atoms with Gasteiger partial charge < -0.3 is 14.5 Å². The Bertz CT molecular complexity index is 771. The number of amides is 1. The van der Waals surface area contributed by atoms with Gasteiger partial charge in [-0.2, -0.15) is 5.26 Å². The van der Waals surface area contributed by atoms with Crippen LogP contribution >= 0.6 is 0 Å². The average molecular weight is 370 g/mol. The number of hydrogen-bond acceptors (Lipinski definition) is 5. The summed E-state index contributed by atoms with van der Waals surface area (Å²) in [7, 11) is 0. The molecular weight excluding hydrogens is 340 g/mol. The molecule has 0 atom stereocenters. The predicted octanol–water partition coefficient (Wildman–Crippen LogP) is 2.99. The molecule has 0 aromatic carbocycles. The molecule has 1 aromatic heterocycles. The van der Waals surface area contributed by atoms with Crippen molar-refractivity contribution in [2.45, 2.75) is 65.6 Å². The summed E-state index contributed by atoms with van der Waals surface area (Å²) in [6, 6.07) is 2.39. The van der Waals surface area contributed by atoms with Crippen molar-refractivity contribution in [3.63, 3.8) is 0 Å². The lowest BCUT2D eigenvalue weighted by Crippen LogP contribution is -2.49. The molecular formula is C21H30N4O2.